The van der Waals surface area contributed by atoms with Gasteiger partial charge in [-0.15, -0.1) is 0 Å². The molecule has 10 nitrogen and oxygen atoms in total. The van der Waals surface area contributed by atoms with Crippen molar-refractivity contribution < 1.29 is 33.8 Å². The Balaban J connectivity index is 3.31. The van der Waals surface area contributed by atoms with E-state index in [0.717, 1.165) is 12.0 Å². The van der Waals surface area contributed by atoms with Crippen LogP contribution in [0.1, 0.15) is 58.2 Å². The highest BCUT2D eigenvalue weighted by Gasteiger charge is 2.35. The summed E-state index contributed by atoms with van der Waals surface area (Å²) in [7, 11) is 1.20. The van der Waals surface area contributed by atoms with E-state index in [-0.39, 0.29) is 13.1 Å². The van der Waals surface area contributed by atoms with Crippen LogP contribution in [0.3, 0.4) is 0 Å². The first-order chi connectivity index (χ1) is 16.0. The van der Waals surface area contributed by atoms with Gasteiger partial charge < -0.3 is 30.1 Å². The van der Waals surface area contributed by atoms with E-state index >= 15 is 0 Å². The molecule has 0 spiro atoms. The van der Waals surface area contributed by atoms with Crippen molar-refractivity contribution in [1.29, 1.82) is 0 Å². The number of amides is 3. The lowest BCUT2D eigenvalue weighted by Crippen LogP contribution is -2.54. The number of aryl methyl sites for hydroxylation is 1. The average molecular weight is 480 g/mol. The first-order valence-electron chi connectivity index (χ1n) is 11.3. The van der Waals surface area contributed by atoms with Gasteiger partial charge in [-0.2, -0.15) is 0 Å². The van der Waals surface area contributed by atoms with Gasteiger partial charge in [-0.25, -0.2) is 4.79 Å². The van der Waals surface area contributed by atoms with Crippen molar-refractivity contribution in [2.75, 3.05) is 26.8 Å². The summed E-state index contributed by atoms with van der Waals surface area (Å²) in [6.45, 7) is 7.96. The minimum Gasteiger partial charge on any atom is -0.468 e. The summed E-state index contributed by atoms with van der Waals surface area (Å²) in [6, 6.07) is 4.77. The van der Waals surface area contributed by atoms with E-state index in [9.17, 15) is 24.3 Å². The number of benzene rings is 1. The minimum absolute atomic E-state index is 0.164. The van der Waals surface area contributed by atoms with Gasteiger partial charge in [-0.05, 0) is 44.7 Å². The van der Waals surface area contributed by atoms with E-state index in [2.05, 4.69) is 15.4 Å². The molecule has 3 N–H and O–H groups in total. The summed E-state index contributed by atoms with van der Waals surface area (Å²) in [5.41, 5.74) is 0.772. The monoisotopic (exact) mass is 479 g/mol. The van der Waals surface area contributed by atoms with Crippen LogP contribution in [0, 0.1) is 0 Å². The molecule has 1 aromatic rings. The Hall–Kier alpha value is -3.14. The molecule has 2 unspecified atom stereocenters. The van der Waals surface area contributed by atoms with Crippen LogP contribution in [0.5, 0.6) is 0 Å². The maximum atomic E-state index is 13.4. The fourth-order valence-corrected chi connectivity index (χ4v) is 3.18. The predicted octanol–water partition coefficient (Wildman–Crippen LogP) is 1.70. The number of methoxy groups -OCH3 is 1. The Labute approximate surface area is 201 Å². The summed E-state index contributed by atoms with van der Waals surface area (Å²) in [4.78, 5) is 51.7. The molecule has 0 fully saturated rings. The third kappa shape index (κ3) is 9.01. The zero-order chi connectivity index (χ0) is 25.9. The van der Waals surface area contributed by atoms with Gasteiger partial charge in [0.05, 0.1) is 13.7 Å². The van der Waals surface area contributed by atoms with Crippen LogP contribution in [0.2, 0.25) is 0 Å². The number of aliphatic hydroxyl groups excluding tert-OH is 1. The number of nitrogens with one attached hydrogen (secondary N) is 2. The fraction of sp³-hybridized carbons (Fsp3) is 0.583. The van der Waals surface area contributed by atoms with Crippen LogP contribution in [-0.2, 0) is 30.3 Å². The summed E-state index contributed by atoms with van der Waals surface area (Å²) >= 11 is 0. The number of hydrogen-bond acceptors (Lipinski definition) is 7. The number of aliphatic hydroxyl groups is 1. The molecule has 1 aromatic carbocycles. The van der Waals surface area contributed by atoms with Crippen molar-refractivity contribution >= 4 is 23.9 Å². The molecule has 190 valence electrons. The molecule has 2 atom stereocenters. The zero-order valence-electron chi connectivity index (χ0n) is 20.8. The van der Waals surface area contributed by atoms with Gasteiger partial charge in [0.25, 0.3) is 0 Å². The molecule has 0 saturated carbocycles. The number of carbonyl (C=O) groups excluding carboxylic acids is 4. The molecule has 0 aliphatic rings. The van der Waals surface area contributed by atoms with Gasteiger partial charge in [0.2, 0.25) is 11.8 Å². The Bertz CT molecular complexity index is 834. The number of hydrogen-bond donors (Lipinski definition) is 3. The van der Waals surface area contributed by atoms with Gasteiger partial charge >= 0.3 is 12.1 Å². The van der Waals surface area contributed by atoms with Crippen molar-refractivity contribution in [3.63, 3.8) is 0 Å². The highest BCUT2D eigenvalue weighted by Crippen LogP contribution is 2.24. The highest BCUT2D eigenvalue weighted by atomic mass is 16.6. The molecule has 0 saturated heterocycles. The van der Waals surface area contributed by atoms with E-state index in [1.165, 1.54) is 12.0 Å². The maximum Gasteiger partial charge on any atom is 0.408 e. The zero-order valence-corrected chi connectivity index (χ0v) is 20.8. The average Bonchev–Trinajstić information content (AvgIpc) is 2.79. The maximum absolute atomic E-state index is 13.4. The summed E-state index contributed by atoms with van der Waals surface area (Å²) < 4.78 is 9.77. The van der Waals surface area contributed by atoms with Crippen LogP contribution in [0.4, 0.5) is 4.79 Å². The highest BCUT2D eigenvalue weighted by molar-refractivity contribution is 5.93. The van der Waals surface area contributed by atoms with Crippen molar-refractivity contribution in [2.45, 2.75) is 65.1 Å². The SMILES string of the molecule is CCCN(C(=O)C(CO)NC(=O)OC(C)(C)C)C(C(=O)NCC(=O)OC)c1ccc(CC)cc1. The van der Waals surface area contributed by atoms with E-state index in [1.807, 2.05) is 26.0 Å². The first-order valence-corrected chi connectivity index (χ1v) is 11.3. The van der Waals surface area contributed by atoms with Crippen LogP contribution in [0.25, 0.3) is 0 Å². The third-order valence-corrected chi connectivity index (χ3v) is 4.82. The van der Waals surface area contributed by atoms with Gasteiger partial charge in [0.15, 0.2) is 0 Å². The third-order valence-electron chi connectivity index (χ3n) is 4.82. The van der Waals surface area contributed by atoms with E-state index in [4.69, 9.17) is 4.74 Å². The Kier molecular flexibility index (Phi) is 11.5. The largest absolute Gasteiger partial charge is 0.468 e. The number of rotatable bonds is 11. The molecule has 0 aromatic heterocycles. The number of carbonyl (C=O) groups is 4. The second-order valence-corrected chi connectivity index (χ2v) is 8.70. The summed E-state index contributed by atoms with van der Waals surface area (Å²) in [5, 5.41) is 14.7. The number of nitrogens with zero attached hydrogens (tertiary/aromatic N) is 1. The molecular formula is C24H37N3O7. The second-order valence-electron chi connectivity index (χ2n) is 8.70. The van der Waals surface area contributed by atoms with E-state index < -0.39 is 48.2 Å². The van der Waals surface area contributed by atoms with Crippen LogP contribution >= 0.6 is 0 Å². The lowest BCUT2D eigenvalue weighted by Gasteiger charge is -2.34. The van der Waals surface area contributed by atoms with Crippen molar-refractivity contribution in [1.82, 2.24) is 15.5 Å². The lowest BCUT2D eigenvalue weighted by atomic mass is 10.0. The molecule has 10 heteroatoms. The number of alkyl carbamates (subject to hydrolysis) is 1. The summed E-state index contributed by atoms with van der Waals surface area (Å²) in [6.07, 6.45) is 0.434. The molecule has 0 radical (unpaired) electrons. The normalized spacial score (nSPS) is 12.8. The molecule has 3 amide bonds. The quantitative estimate of drug-likeness (QED) is 0.411. The molecule has 0 aliphatic carbocycles. The molecule has 0 aliphatic heterocycles. The fourth-order valence-electron chi connectivity index (χ4n) is 3.18. The number of ether oxygens (including phenoxy) is 2. The van der Waals surface area contributed by atoms with Crippen LogP contribution in [0.15, 0.2) is 24.3 Å². The van der Waals surface area contributed by atoms with Crippen molar-refractivity contribution in [2.24, 2.45) is 0 Å². The summed E-state index contributed by atoms with van der Waals surface area (Å²) in [5.74, 6) is -1.89. The van der Waals surface area contributed by atoms with E-state index in [1.54, 1.807) is 32.9 Å². The van der Waals surface area contributed by atoms with Gasteiger partial charge in [-0.3, -0.25) is 14.4 Å². The topological polar surface area (TPSA) is 134 Å². The Morgan fingerprint density at radius 3 is 2.18 bits per heavy atom. The molecule has 1 rings (SSSR count). The molecular weight excluding hydrogens is 442 g/mol. The standard InChI is InChI=1S/C24H37N3O7/c1-7-13-27(22(31)18(15-28)26-23(32)34-24(3,4)5)20(21(30)25-14-19(29)33-6)17-11-9-16(8-2)10-12-17/h9-12,18,20,28H,7-8,13-15H2,1-6H3,(H,25,30)(H,26,32). The molecule has 0 heterocycles. The first kappa shape index (κ1) is 28.9. The second kappa shape index (κ2) is 13.5. The predicted molar refractivity (Wildman–Crippen MR) is 126 cm³/mol. The number of esters is 1. The van der Waals surface area contributed by atoms with E-state index in [0.29, 0.717) is 12.0 Å². The van der Waals surface area contributed by atoms with Gasteiger partial charge in [-0.1, -0.05) is 38.1 Å². The van der Waals surface area contributed by atoms with Gasteiger partial charge in [0, 0.05) is 6.54 Å². The van der Waals surface area contributed by atoms with Crippen molar-refractivity contribution in [3.05, 3.63) is 35.4 Å². The molecule has 0 bridgehead atoms. The van der Waals surface area contributed by atoms with Crippen LogP contribution < -0.4 is 10.6 Å². The smallest absolute Gasteiger partial charge is 0.408 e. The van der Waals surface area contributed by atoms with Crippen LogP contribution in [-0.4, -0.2) is 72.3 Å². The minimum atomic E-state index is -1.33. The lowest BCUT2D eigenvalue weighted by molar-refractivity contribution is -0.145. The molecule has 34 heavy (non-hydrogen) atoms. The Morgan fingerprint density at radius 2 is 1.71 bits per heavy atom. The van der Waals surface area contributed by atoms with Crippen molar-refractivity contribution in [3.8, 4) is 0 Å². The van der Waals surface area contributed by atoms with Gasteiger partial charge in [0.1, 0.15) is 24.2 Å². The Morgan fingerprint density at radius 1 is 1.09 bits per heavy atom.